The molecule has 4 aromatic rings. The minimum absolute atomic E-state index is 0.112. The molecule has 0 aliphatic heterocycles. The molecule has 1 aliphatic carbocycles. The molecule has 3 amide bonds. The van der Waals surface area contributed by atoms with E-state index in [-0.39, 0.29) is 23.6 Å². The summed E-state index contributed by atoms with van der Waals surface area (Å²) in [6.45, 7) is 0.633. The Morgan fingerprint density at radius 1 is 0.930 bits per heavy atom. The van der Waals surface area contributed by atoms with Crippen LogP contribution in [0.25, 0.3) is 22.5 Å². The number of carbonyl (C=O) groups is 3. The molecule has 0 radical (unpaired) electrons. The first-order valence-corrected chi connectivity index (χ1v) is 14.5. The number of rotatable bonds is 10. The summed E-state index contributed by atoms with van der Waals surface area (Å²) in [5, 5.41) is 22.6. The Labute approximate surface area is 250 Å². The molecule has 1 atom stereocenters. The van der Waals surface area contributed by atoms with Crippen LogP contribution in [0, 0.1) is 11.8 Å². The molecule has 0 saturated heterocycles. The minimum atomic E-state index is -0.791. The lowest BCUT2D eigenvalue weighted by Gasteiger charge is -2.28. The Morgan fingerprint density at radius 3 is 2.28 bits per heavy atom. The second-order valence-corrected chi connectivity index (χ2v) is 10.8. The average molecular weight is 581 g/mol. The number of benzene rings is 3. The van der Waals surface area contributed by atoms with Crippen LogP contribution in [-0.4, -0.2) is 58.0 Å². The third-order valence-electron chi connectivity index (χ3n) is 8.04. The smallest absolute Gasteiger partial charge is 0.251 e. The SMILES string of the molecule is CNC(=O)c1ccccc1-c1ccc(CC(NC(=O)C2CCC(CN)CC2)C(=O)Nc2ccc(-c3nn[nH]n3)cc2)cc1. The first-order chi connectivity index (χ1) is 20.9. The molecular weight excluding hydrogens is 544 g/mol. The van der Waals surface area contributed by atoms with Gasteiger partial charge in [0.2, 0.25) is 17.6 Å². The van der Waals surface area contributed by atoms with Crippen LogP contribution in [-0.2, 0) is 16.0 Å². The van der Waals surface area contributed by atoms with Crippen molar-refractivity contribution in [3.63, 3.8) is 0 Å². The third kappa shape index (κ3) is 7.31. The Bertz CT molecular complexity index is 1530. The molecule has 6 N–H and O–H groups in total. The predicted octanol–water partition coefficient (Wildman–Crippen LogP) is 3.32. The van der Waals surface area contributed by atoms with Gasteiger partial charge in [-0.3, -0.25) is 14.4 Å². The number of amides is 3. The summed E-state index contributed by atoms with van der Waals surface area (Å²) >= 11 is 0. The van der Waals surface area contributed by atoms with Gasteiger partial charge in [0.15, 0.2) is 0 Å². The summed E-state index contributed by atoms with van der Waals surface area (Å²) in [6.07, 6.45) is 3.65. The highest BCUT2D eigenvalue weighted by molar-refractivity contribution is 6.01. The Balaban J connectivity index is 1.32. The fourth-order valence-corrected chi connectivity index (χ4v) is 5.50. The lowest BCUT2D eigenvalue weighted by atomic mass is 9.81. The lowest BCUT2D eigenvalue weighted by Crippen LogP contribution is -2.48. The van der Waals surface area contributed by atoms with Crippen LogP contribution < -0.4 is 21.7 Å². The van der Waals surface area contributed by atoms with Gasteiger partial charge in [0, 0.05) is 36.2 Å². The van der Waals surface area contributed by atoms with Crippen molar-refractivity contribution < 1.29 is 14.4 Å². The van der Waals surface area contributed by atoms with E-state index in [4.69, 9.17) is 5.73 Å². The molecule has 11 nitrogen and oxygen atoms in total. The van der Waals surface area contributed by atoms with Crippen molar-refractivity contribution in [2.75, 3.05) is 18.9 Å². The number of hydrogen-bond acceptors (Lipinski definition) is 7. The monoisotopic (exact) mass is 580 g/mol. The van der Waals surface area contributed by atoms with Crippen LogP contribution in [0.3, 0.4) is 0 Å². The molecule has 1 unspecified atom stereocenters. The zero-order valence-electron chi connectivity index (χ0n) is 24.0. The van der Waals surface area contributed by atoms with Gasteiger partial charge in [-0.1, -0.05) is 42.5 Å². The number of tetrazole rings is 1. The maximum atomic E-state index is 13.6. The maximum absolute atomic E-state index is 13.6. The third-order valence-corrected chi connectivity index (χ3v) is 8.04. The van der Waals surface area contributed by atoms with Crippen LogP contribution >= 0.6 is 0 Å². The molecule has 0 bridgehead atoms. The summed E-state index contributed by atoms with van der Waals surface area (Å²) in [5.74, 6) is 0.171. The van der Waals surface area contributed by atoms with Gasteiger partial charge in [0.25, 0.3) is 5.91 Å². The van der Waals surface area contributed by atoms with Gasteiger partial charge in [-0.05, 0) is 90.4 Å². The number of nitrogens with zero attached hydrogens (tertiary/aromatic N) is 3. The molecule has 1 fully saturated rings. The lowest BCUT2D eigenvalue weighted by molar-refractivity contribution is -0.130. The molecule has 3 aromatic carbocycles. The first kappa shape index (κ1) is 29.6. The van der Waals surface area contributed by atoms with Gasteiger partial charge >= 0.3 is 0 Å². The van der Waals surface area contributed by atoms with Gasteiger partial charge < -0.3 is 21.7 Å². The number of anilines is 1. The highest BCUT2D eigenvalue weighted by Gasteiger charge is 2.29. The van der Waals surface area contributed by atoms with E-state index in [9.17, 15) is 14.4 Å². The van der Waals surface area contributed by atoms with Crippen molar-refractivity contribution in [1.82, 2.24) is 31.3 Å². The largest absolute Gasteiger partial charge is 0.355 e. The van der Waals surface area contributed by atoms with Gasteiger partial charge in [-0.25, -0.2) is 0 Å². The number of nitrogens with two attached hydrogens (primary N) is 1. The second-order valence-electron chi connectivity index (χ2n) is 10.8. The zero-order chi connectivity index (χ0) is 30.2. The second kappa shape index (κ2) is 13.8. The summed E-state index contributed by atoms with van der Waals surface area (Å²) in [4.78, 5) is 39.3. The topological polar surface area (TPSA) is 168 Å². The van der Waals surface area contributed by atoms with Crippen molar-refractivity contribution >= 4 is 23.4 Å². The van der Waals surface area contributed by atoms with Crippen LogP contribution in [0.2, 0.25) is 0 Å². The highest BCUT2D eigenvalue weighted by atomic mass is 16.2. The molecule has 1 saturated carbocycles. The van der Waals surface area contributed by atoms with E-state index in [2.05, 4.69) is 36.6 Å². The van der Waals surface area contributed by atoms with Gasteiger partial charge in [0.05, 0.1) is 0 Å². The Kier molecular flexibility index (Phi) is 9.52. The average Bonchev–Trinajstić information content (AvgIpc) is 3.60. The molecule has 1 aliphatic rings. The molecule has 1 heterocycles. The number of H-pyrrole nitrogens is 1. The first-order valence-electron chi connectivity index (χ1n) is 14.5. The Hall–Kier alpha value is -4.90. The fourth-order valence-electron chi connectivity index (χ4n) is 5.50. The number of aromatic nitrogens is 4. The molecule has 1 aromatic heterocycles. The summed E-state index contributed by atoms with van der Waals surface area (Å²) < 4.78 is 0. The van der Waals surface area contributed by atoms with E-state index in [0.29, 0.717) is 36.0 Å². The molecule has 11 heteroatoms. The maximum Gasteiger partial charge on any atom is 0.251 e. The van der Waals surface area contributed by atoms with Crippen molar-refractivity contribution in [2.24, 2.45) is 17.6 Å². The fraction of sp³-hybridized carbons (Fsp3) is 0.312. The van der Waals surface area contributed by atoms with Crippen molar-refractivity contribution in [1.29, 1.82) is 0 Å². The number of nitrogens with one attached hydrogen (secondary N) is 4. The highest BCUT2D eigenvalue weighted by Crippen LogP contribution is 2.29. The van der Waals surface area contributed by atoms with Crippen molar-refractivity contribution in [3.05, 3.63) is 83.9 Å². The van der Waals surface area contributed by atoms with E-state index in [1.165, 1.54) is 0 Å². The van der Waals surface area contributed by atoms with Crippen LogP contribution in [0.15, 0.2) is 72.8 Å². The van der Waals surface area contributed by atoms with Gasteiger partial charge in [0.1, 0.15) is 6.04 Å². The number of carbonyl (C=O) groups excluding carboxylic acids is 3. The molecule has 222 valence electrons. The standard InChI is InChI=1S/C32H36N8O3/c1-34-31(42)27-5-3-2-4-26(27)22-10-6-20(7-11-22)18-28(36-30(41)24-12-8-21(19-33)9-13-24)32(43)35-25-16-14-23(15-17-25)29-37-39-40-38-29/h2-7,10-11,14-17,21,24,28H,8-9,12-13,18-19,33H2,1H3,(H,34,42)(H,35,43)(H,36,41)(H,37,38,39,40). The van der Waals surface area contributed by atoms with E-state index < -0.39 is 6.04 Å². The number of hydrogen-bond donors (Lipinski definition) is 5. The minimum Gasteiger partial charge on any atom is -0.355 e. The van der Waals surface area contributed by atoms with E-state index in [1.54, 1.807) is 37.4 Å². The Morgan fingerprint density at radius 2 is 1.63 bits per heavy atom. The summed E-state index contributed by atoms with van der Waals surface area (Å²) in [6, 6.07) is 21.4. The molecule has 5 rings (SSSR count). The van der Waals surface area contributed by atoms with E-state index >= 15 is 0 Å². The van der Waals surface area contributed by atoms with E-state index in [0.717, 1.165) is 47.9 Å². The van der Waals surface area contributed by atoms with E-state index in [1.807, 2.05) is 42.5 Å². The molecular formula is C32H36N8O3. The van der Waals surface area contributed by atoms with Crippen LogP contribution in [0.5, 0.6) is 0 Å². The number of aromatic amines is 1. The molecule has 43 heavy (non-hydrogen) atoms. The normalized spacial score (nSPS) is 17.1. The van der Waals surface area contributed by atoms with Crippen molar-refractivity contribution in [3.8, 4) is 22.5 Å². The predicted molar refractivity (Wildman–Crippen MR) is 164 cm³/mol. The molecule has 0 spiro atoms. The van der Waals surface area contributed by atoms with Gasteiger partial charge in [-0.15, -0.1) is 10.2 Å². The van der Waals surface area contributed by atoms with Gasteiger partial charge in [-0.2, -0.15) is 5.21 Å². The zero-order valence-corrected chi connectivity index (χ0v) is 24.0. The summed E-state index contributed by atoms with van der Waals surface area (Å²) in [7, 11) is 1.61. The summed E-state index contributed by atoms with van der Waals surface area (Å²) in [5.41, 5.74) is 10.3. The van der Waals surface area contributed by atoms with Crippen LogP contribution in [0.1, 0.15) is 41.6 Å². The quantitative estimate of drug-likeness (QED) is 0.192. The van der Waals surface area contributed by atoms with Crippen LogP contribution in [0.4, 0.5) is 5.69 Å². The van der Waals surface area contributed by atoms with Crippen molar-refractivity contribution in [2.45, 2.75) is 38.1 Å².